The molecule has 0 unspecified atom stereocenters. The van der Waals surface area contributed by atoms with E-state index >= 15 is 0 Å². The molecule has 1 aromatic carbocycles. The molecular weight excluding hydrogens is 248 g/mol. The Balaban J connectivity index is 2.44. The SMILES string of the molecule is CCCCCCCC#Cc1ccccc1CCC(=O)O. The predicted octanol–water partition coefficient (Wildman–Crippen LogP) is 4.42. The number of benzene rings is 1. The first-order valence-electron chi connectivity index (χ1n) is 7.52. The molecule has 1 rings (SSSR count). The van der Waals surface area contributed by atoms with Crippen LogP contribution in [0.15, 0.2) is 24.3 Å². The van der Waals surface area contributed by atoms with E-state index in [-0.39, 0.29) is 6.42 Å². The fourth-order valence-corrected chi connectivity index (χ4v) is 2.08. The van der Waals surface area contributed by atoms with E-state index in [1.165, 1.54) is 25.7 Å². The quantitative estimate of drug-likeness (QED) is 0.562. The summed E-state index contributed by atoms with van der Waals surface area (Å²) >= 11 is 0. The van der Waals surface area contributed by atoms with Gasteiger partial charge in [-0.3, -0.25) is 4.79 Å². The Morgan fingerprint density at radius 1 is 1.15 bits per heavy atom. The summed E-state index contributed by atoms with van der Waals surface area (Å²) in [5, 5.41) is 8.75. The third kappa shape index (κ3) is 6.99. The molecule has 1 N–H and O–H groups in total. The highest BCUT2D eigenvalue weighted by Crippen LogP contribution is 2.10. The van der Waals surface area contributed by atoms with Crippen LogP contribution >= 0.6 is 0 Å². The standard InChI is InChI=1S/C18H24O2/c1-2-3-4-5-6-7-8-11-16-12-9-10-13-17(16)14-15-18(19)20/h9-10,12-13H,2-7,14-15H2,1H3,(H,19,20). The molecule has 0 spiro atoms. The molecule has 2 nitrogen and oxygen atoms in total. The molecule has 0 heterocycles. The average Bonchev–Trinajstić information content (AvgIpc) is 2.45. The molecule has 1 aromatic rings. The molecule has 0 saturated carbocycles. The maximum Gasteiger partial charge on any atom is 0.303 e. The second-order valence-corrected chi connectivity index (χ2v) is 5.02. The molecule has 0 aliphatic carbocycles. The highest BCUT2D eigenvalue weighted by molar-refractivity contribution is 5.67. The van der Waals surface area contributed by atoms with Gasteiger partial charge in [0.1, 0.15) is 0 Å². The van der Waals surface area contributed by atoms with Crippen LogP contribution < -0.4 is 0 Å². The van der Waals surface area contributed by atoms with E-state index in [2.05, 4.69) is 18.8 Å². The molecule has 0 aromatic heterocycles. The Labute approximate surface area is 122 Å². The van der Waals surface area contributed by atoms with Crippen LogP contribution in [0.2, 0.25) is 0 Å². The van der Waals surface area contributed by atoms with Crippen LogP contribution in [-0.2, 0) is 11.2 Å². The lowest BCUT2D eigenvalue weighted by Gasteiger charge is -2.02. The molecule has 2 heteroatoms. The summed E-state index contributed by atoms with van der Waals surface area (Å²) < 4.78 is 0. The van der Waals surface area contributed by atoms with Crippen molar-refractivity contribution in [3.05, 3.63) is 35.4 Å². The molecule has 0 fully saturated rings. The van der Waals surface area contributed by atoms with Gasteiger partial charge in [-0.15, -0.1) is 0 Å². The number of aryl methyl sites for hydroxylation is 1. The minimum absolute atomic E-state index is 0.162. The molecule has 0 aliphatic heterocycles. The summed E-state index contributed by atoms with van der Waals surface area (Å²) in [6.45, 7) is 2.22. The molecule has 20 heavy (non-hydrogen) atoms. The zero-order valence-corrected chi connectivity index (χ0v) is 12.3. The number of unbranched alkanes of at least 4 members (excludes halogenated alkanes) is 5. The van der Waals surface area contributed by atoms with Crippen LogP contribution in [0.1, 0.15) is 63.0 Å². The number of aliphatic carboxylic acids is 1. The van der Waals surface area contributed by atoms with Crippen molar-refractivity contribution in [2.45, 2.75) is 58.3 Å². The van der Waals surface area contributed by atoms with Crippen molar-refractivity contribution in [2.75, 3.05) is 0 Å². The van der Waals surface area contributed by atoms with Crippen molar-refractivity contribution in [2.24, 2.45) is 0 Å². The van der Waals surface area contributed by atoms with Crippen molar-refractivity contribution in [3.63, 3.8) is 0 Å². The lowest BCUT2D eigenvalue weighted by Crippen LogP contribution is -1.99. The molecule has 0 saturated heterocycles. The largest absolute Gasteiger partial charge is 0.481 e. The number of carboxylic acids is 1. The van der Waals surface area contributed by atoms with E-state index in [0.29, 0.717) is 6.42 Å². The van der Waals surface area contributed by atoms with E-state index in [4.69, 9.17) is 5.11 Å². The summed E-state index contributed by atoms with van der Waals surface area (Å²) in [5.41, 5.74) is 2.01. The van der Waals surface area contributed by atoms with Crippen molar-refractivity contribution in [1.29, 1.82) is 0 Å². The van der Waals surface area contributed by atoms with Crippen LogP contribution in [-0.4, -0.2) is 11.1 Å². The van der Waals surface area contributed by atoms with Crippen molar-refractivity contribution in [3.8, 4) is 11.8 Å². The molecule has 0 aliphatic rings. The first-order valence-corrected chi connectivity index (χ1v) is 7.52. The van der Waals surface area contributed by atoms with E-state index in [1.807, 2.05) is 24.3 Å². The number of hydrogen-bond donors (Lipinski definition) is 1. The Morgan fingerprint density at radius 2 is 1.90 bits per heavy atom. The average molecular weight is 272 g/mol. The molecule has 0 radical (unpaired) electrons. The fourth-order valence-electron chi connectivity index (χ4n) is 2.08. The summed E-state index contributed by atoms with van der Waals surface area (Å²) in [6.07, 6.45) is 7.93. The van der Waals surface area contributed by atoms with Crippen molar-refractivity contribution >= 4 is 5.97 Å². The molecule has 0 atom stereocenters. The second-order valence-electron chi connectivity index (χ2n) is 5.02. The van der Waals surface area contributed by atoms with Crippen LogP contribution in [0, 0.1) is 11.8 Å². The number of rotatable bonds is 8. The van der Waals surface area contributed by atoms with Gasteiger partial charge >= 0.3 is 5.97 Å². The first-order chi connectivity index (χ1) is 9.74. The Kier molecular flexibility index (Phi) is 8.22. The normalized spacial score (nSPS) is 9.85. The van der Waals surface area contributed by atoms with E-state index in [9.17, 15) is 4.79 Å². The lowest BCUT2D eigenvalue weighted by molar-refractivity contribution is -0.136. The van der Waals surface area contributed by atoms with Crippen LogP contribution in [0.3, 0.4) is 0 Å². The third-order valence-corrected chi connectivity index (χ3v) is 3.25. The predicted molar refractivity (Wildman–Crippen MR) is 82.7 cm³/mol. The smallest absolute Gasteiger partial charge is 0.303 e. The van der Waals surface area contributed by atoms with Gasteiger partial charge in [-0.1, -0.05) is 62.6 Å². The molecule has 0 amide bonds. The Bertz CT molecular complexity index is 466. The van der Waals surface area contributed by atoms with Gasteiger partial charge in [-0.05, 0) is 24.5 Å². The first kappa shape index (κ1) is 16.3. The fraction of sp³-hybridized carbons (Fsp3) is 0.500. The summed E-state index contributed by atoms with van der Waals surface area (Å²) in [7, 11) is 0. The van der Waals surface area contributed by atoms with Gasteiger partial charge in [0.25, 0.3) is 0 Å². The van der Waals surface area contributed by atoms with Gasteiger partial charge in [-0.25, -0.2) is 0 Å². The Hall–Kier alpha value is -1.75. The molecular formula is C18H24O2. The van der Waals surface area contributed by atoms with E-state index < -0.39 is 5.97 Å². The van der Waals surface area contributed by atoms with Gasteiger partial charge in [0.05, 0.1) is 0 Å². The number of carboxylic acid groups (broad SMARTS) is 1. The summed E-state index contributed by atoms with van der Waals surface area (Å²) in [5.74, 6) is 5.63. The van der Waals surface area contributed by atoms with Gasteiger partial charge < -0.3 is 5.11 Å². The molecule has 0 bridgehead atoms. The Morgan fingerprint density at radius 3 is 2.65 bits per heavy atom. The van der Waals surface area contributed by atoms with Crippen molar-refractivity contribution in [1.82, 2.24) is 0 Å². The van der Waals surface area contributed by atoms with Gasteiger partial charge in [0.15, 0.2) is 0 Å². The van der Waals surface area contributed by atoms with E-state index in [1.54, 1.807) is 0 Å². The zero-order valence-electron chi connectivity index (χ0n) is 12.3. The molecule has 108 valence electrons. The van der Waals surface area contributed by atoms with Crippen LogP contribution in [0.5, 0.6) is 0 Å². The third-order valence-electron chi connectivity index (χ3n) is 3.25. The lowest BCUT2D eigenvalue weighted by atomic mass is 10.0. The number of hydrogen-bond acceptors (Lipinski definition) is 1. The maximum atomic E-state index is 10.6. The highest BCUT2D eigenvalue weighted by atomic mass is 16.4. The minimum atomic E-state index is -0.760. The van der Waals surface area contributed by atoms with Gasteiger partial charge in [0, 0.05) is 18.4 Å². The van der Waals surface area contributed by atoms with E-state index in [0.717, 1.165) is 24.0 Å². The number of carbonyl (C=O) groups is 1. The monoisotopic (exact) mass is 272 g/mol. The zero-order chi connectivity index (χ0) is 14.6. The van der Waals surface area contributed by atoms with Crippen LogP contribution in [0.25, 0.3) is 0 Å². The van der Waals surface area contributed by atoms with Crippen LogP contribution in [0.4, 0.5) is 0 Å². The van der Waals surface area contributed by atoms with Gasteiger partial charge in [-0.2, -0.15) is 0 Å². The second kappa shape index (κ2) is 10.1. The van der Waals surface area contributed by atoms with Gasteiger partial charge in [0.2, 0.25) is 0 Å². The maximum absolute atomic E-state index is 10.6. The minimum Gasteiger partial charge on any atom is -0.481 e. The summed E-state index contributed by atoms with van der Waals surface area (Å²) in [4.78, 5) is 10.6. The summed E-state index contributed by atoms with van der Waals surface area (Å²) in [6, 6.07) is 7.83. The highest BCUT2D eigenvalue weighted by Gasteiger charge is 2.02. The van der Waals surface area contributed by atoms with Crippen molar-refractivity contribution < 1.29 is 9.90 Å². The topological polar surface area (TPSA) is 37.3 Å².